The van der Waals surface area contributed by atoms with E-state index in [1.807, 2.05) is 19.2 Å². The largest absolute Gasteiger partial charge is 0.243 e. The Kier molecular flexibility index (Phi) is 1.59. The van der Waals surface area contributed by atoms with Crippen molar-refractivity contribution in [1.82, 2.24) is 19.7 Å². The summed E-state index contributed by atoms with van der Waals surface area (Å²) in [6, 6.07) is 1.87. The zero-order chi connectivity index (χ0) is 8.39. The fraction of sp³-hybridized carbons (Fsp3) is 0.125. The maximum absolute atomic E-state index is 4.08. The van der Waals surface area contributed by atoms with Gasteiger partial charge in [0.05, 0.1) is 11.9 Å². The number of hydrogen-bond donors (Lipinski definition) is 0. The van der Waals surface area contributed by atoms with Crippen molar-refractivity contribution in [3.63, 3.8) is 0 Å². The molecule has 0 aliphatic heterocycles. The van der Waals surface area contributed by atoms with E-state index < -0.39 is 0 Å². The molecule has 4 nitrogen and oxygen atoms in total. The average molecular weight is 160 g/mol. The highest BCUT2D eigenvalue weighted by molar-refractivity contribution is 5.30. The average Bonchev–Trinajstić information content (AvgIpc) is 2.57. The molecule has 0 aliphatic rings. The Balaban J connectivity index is 2.55. The second kappa shape index (κ2) is 2.73. The minimum absolute atomic E-state index is 0.919. The van der Waals surface area contributed by atoms with E-state index >= 15 is 0 Å². The third-order valence-electron chi connectivity index (χ3n) is 1.64. The van der Waals surface area contributed by atoms with Crippen molar-refractivity contribution in [3.05, 3.63) is 36.7 Å². The first-order chi connectivity index (χ1) is 5.88. The number of rotatable bonds is 1. The predicted molar refractivity (Wildman–Crippen MR) is 43.9 cm³/mol. The Morgan fingerprint density at radius 2 is 2.33 bits per heavy atom. The molecule has 2 aromatic heterocycles. The van der Waals surface area contributed by atoms with Crippen LogP contribution in [0.15, 0.2) is 31.0 Å². The molecule has 0 unspecified atom stereocenters. The molecule has 0 aromatic carbocycles. The van der Waals surface area contributed by atoms with E-state index in [2.05, 4.69) is 15.1 Å². The first kappa shape index (κ1) is 6.97. The lowest BCUT2D eigenvalue weighted by Crippen LogP contribution is -1.99. The van der Waals surface area contributed by atoms with Crippen LogP contribution in [0.25, 0.3) is 5.69 Å². The number of aromatic nitrogens is 4. The Morgan fingerprint density at radius 3 is 3.00 bits per heavy atom. The maximum Gasteiger partial charge on any atom is 0.115 e. The molecule has 0 spiro atoms. The molecular formula is C8H8N4. The minimum atomic E-state index is 0.919. The van der Waals surface area contributed by atoms with E-state index in [9.17, 15) is 0 Å². The summed E-state index contributed by atoms with van der Waals surface area (Å²) in [6.45, 7) is 1.93. The second-order valence-electron chi connectivity index (χ2n) is 2.44. The monoisotopic (exact) mass is 160 g/mol. The van der Waals surface area contributed by atoms with Gasteiger partial charge in [0.2, 0.25) is 0 Å². The van der Waals surface area contributed by atoms with Gasteiger partial charge in [0.15, 0.2) is 0 Å². The van der Waals surface area contributed by atoms with Crippen molar-refractivity contribution < 1.29 is 0 Å². The molecule has 4 heteroatoms. The zero-order valence-electron chi connectivity index (χ0n) is 6.68. The van der Waals surface area contributed by atoms with Gasteiger partial charge in [0.1, 0.15) is 12.0 Å². The highest BCUT2D eigenvalue weighted by Gasteiger charge is 1.99. The van der Waals surface area contributed by atoms with Crippen LogP contribution in [0.4, 0.5) is 0 Å². The first-order valence-corrected chi connectivity index (χ1v) is 3.64. The second-order valence-corrected chi connectivity index (χ2v) is 2.44. The van der Waals surface area contributed by atoms with E-state index in [1.165, 1.54) is 6.33 Å². The van der Waals surface area contributed by atoms with Crippen LogP contribution >= 0.6 is 0 Å². The van der Waals surface area contributed by atoms with E-state index in [-0.39, 0.29) is 0 Å². The predicted octanol–water partition coefficient (Wildman–Crippen LogP) is 0.971. The lowest BCUT2D eigenvalue weighted by atomic mass is 10.4. The molecule has 2 rings (SSSR count). The van der Waals surface area contributed by atoms with Gasteiger partial charge < -0.3 is 0 Å². The van der Waals surface area contributed by atoms with Gasteiger partial charge in [-0.05, 0) is 13.0 Å². The molecule has 0 N–H and O–H groups in total. The fourth-order valence-corrected chi connectivity index (χ4v) is 1.02. The molecule has 0 saturated carbocycles. The molecular weight excluding hydrogens is 152 g/mol. The van der Waals surface area contributed by atoms with E-state index in [4.69, 9.17) is 0 Å². The Morgan fingerprint density at radius 1 is 1.42 bits per heavy atom. The molecule has 0 bridgehead atoms. The van der Waals surface area contributed by atoms with Crippen LogP contribution in [0.2, 0.25) is 0 Å². The smallest absolute Gasteiger partial charge is 0.115 e. The van der Waals surface area contributed by atoms with Crippen LogP contribution in [-0.2, 0) is 0 Å². The van der Waals surface area contributed by atoms with Gasteiger partial charge in [-0.15, -0.1) is 0 Å². The number of hydrogen-bond acceptors (Lipinski definition) is 3. The topological polar surface area (TPSA) is 43.6 Å². The minimum Gasteiger partial charge on any atom is -0.243 e. The van der Waals surface area contributed by atoms with Crippen molar-refractivity contribution in [2.45, 2.75) is 6.92 Å². The summed E-state index contributed by atoms with van der Waals surface area (Å²) in [5.41, 5.74) is 1.84. The summed E-state index contributed by atoms with van der Waals surface area (Å²) < 4.78 is 1.75. The van der Waals surface area contributed by atoms with Crippen LogP contribution in [0.5, 0.6) is 0 Å². The Hall–Kier alpha value is -1.71. The maximum atomic E-state index is 4.08. The number of nitrogens with zero attached hydrogens (tertiary/aromatic N) is 4. The molecule has 0 aliphatic carbocycles. The van der Waals surface area contributed by atoms with Gasteiger partial charge in [-0.25, -0.2) is 14.6 Å². The third kappa shape index (κ3) is 1.07. The molecule has 0 radical (unpaired) electrons. The summed E-state index contributed by atoms with van der Waals surface area (Å²) in [5, 5.41) is 4.08. The van der Waals surface area contributed by atoms with Crippen molar-refractivity contribution in [1.29, 1.82) is 0 Å². The summed E-state index contributed by atoms with van der Waals surface area (Å²) >= 11 is 0. The van der Waals surface area contributed by atoms with Crippen molar-refractivity contribution in [2.24, 2.45) is 0 Å². The zero-order valence-corrected chi connectivity index (χ0v) is 6.68. The van der Waals surface area contributed by atoms with E-state index in [1.54, 1.807) is 17.1 Å². The van der Waals surface area contributed by atoms with Crippen molar-refractivity contribution in [2.75, 3.05) is 0 Å². The fourth-order valence-electron chi connectivity index (χ4n) is 1.02. The van der Waals surface area contributed by atoms with Crippen LogP contribution in [0, 0.1) is 6.92 Å². The van der Waals surface area contributed by atoms with Crippen LogP contribution in [0.3, 0.4) is 0 Å². The van der Waals surface area contributed by atoms with Gasteiger partial charge in [-0.2, -0.15) is 5.10 Å². The summed E-state index contributed by atoms with van der Waals surface area (Å²) in [7, 11) is 0. The Bertz CT molecular complexity index is 366. The third-order valence-corrected chi connectivity index (χ3v) is 1.64. The molecule has 0 fully saturated rings. The van der Waals surface area contributed by atoms with Gasteiger partial charge in [-0.3, -0.25) is 0 Å². The van der Waals surface area contributed by atoms with Crippen LogP contribution in [0.1, 0.15) is 5.69 Å². The molecule has 0 atom stereocenters. The normalized spacial score (nSPS) is 10.1. The first-order valence-electron chi connectivity index (χ1n) is 3.64. The quantitative estimate of drug-likeness (QED) is 0.624. The highest BCUT2D eigenvalue weighted by Crippen LogP contribution is 2.06. The van der Waals surface area contributed by atoms with Gasteiger partial charge >= 0.3 is 0 Å². The van der Waals surface area contributed by atoms with E-state index in [0.717, 1.165) is 11.4 Å². The molecule has 2 aromatic rings. The summed E-state index contributed by atoms with van der Waals surface area (Å²) in [4.78, 5) is 7.99. The summed E-state index contributed by atoms with van der Waals surface area (Å²) in [5.74, 6) is 0. The van der Waals surface area contributed by atoms with Gasteiger partial charge in [0, 0.05) is 12.4 Å². The SMILES string of the molecule is Cc1ncncc1-n1cccn1. The lowest BCUT2D eigenvalue weighted by Gasteiger charge is -2.01. The van der Waals surface area contributed by atoms with Gasteiger partial charge in [0.25, 0.3) is 0 Å². The molecule has 60 valence electrons. The van der Waals surface area contributed by atoms with Gasteiger partial charge in [-0.1, -0.05) is 0 Å². The van der Waals surface area contributed by atoms with Crippen LogP contribution in [-0.4, -0.2) is 19.7 Å². The van der Waals surface area contributed by atoms with Crippen molar-refractivity contribution >= 4 is 0 Å². The standard InChI is InChI=1S/C8H8N4/c1-7-8(5-9-6-10-7)12-4-2-3-11-12/h2-6H,1H3. The number of aryl methyl sites for hydroxylation is 1. The molecule has 0 amide bonds. The Labute approximate surface area is 69.9 Å². The highest BCUT2D eigenvalue weighted by atomic mass is 15.3. The summed E-state index contributed by atoms with van der Waals surface area (Å²) in [6.07, 6.45) is 6.87. The van der Waals surface area contributed by atoms with Crippen molar-refractivity contribution in [3.8, 4) is 5.69 Å². The molecule has 12 heavy (non-hydrogen) atoms. The van der Waals surface area contributed by atoms with Crippen LogP contribution < -0.4 is 0 Å². The van der Waals surface area contributed by atoms with E-state index in [0.29, 0.717) is 0 Å². The molecule has 0 saturated heterocycles. The molecule has 2 heterocycles. The lowest BCUT2D eigenvalue weighted by molar-refractivity contribution is 0.850.